The third kappa shape index (κ3) is 4.21. The van der Waals surface area contributed by atoms with Crippen molar-refractivity contribution in [2.24, 2.45) is 0 Å². The lowest BCUT2D eigenvalue weighted by molar-refractivity contribution is -0.117. The van der Waals surface area contributed by atoms with Gasteiger partial charge in [0.2, 0.25) is 5.91 Å². The van der Waals surface area contributed by atoms with Crippen LogP contribution in [0.5, 0.6) is 0 Å². The van der Waals surface area contributed by atoms with Crippen molar-refractivity contribution in [2.45, 2.75) is 45.7 Å². The predicted molar refractivity (Wildman–Crippen MR) is 83.4 cm³/mol. The maximum absolute atomic E-state index is 12.1. The molecule has 5 nitrogen and oxygen atoms in total. The van der Waals surface area contributed by atoms with Crippen molar-refractivity contribution in [3.63, 3.8) is 0 Å². The van der Waals surface area contributed by atoms with Crippen molar-refractivity contribution in [3.05, 3.63) is 29.8 Å². The van der Waals surface area contributed by atoms with Crippen LogP contribution in [0.15, 0.2) is 24.3 Å². The zero-order valence-corrected chi connectivity index (χ0v) is 13.1. The lowest BCUT2D eigenvalue weighted by Gasteiger charge is -2.23. The number of nitrogens with one attached hydrogen (secondary N) is 2. The Morgan fingerprint density at radius 3 is 2.43 bits per heavy atom. The lowest BCUT2D eigenvalue weighted by atomic mass is 10.1. The normalized spacial score (nSPS) is 18.8. The molecule has 114 valence electrons. The van der Waals surface area contributed by atoms with E-state index in [9.17, 15) is 9.59 Å². The van der Waals surface area contributed by atoms with Crippen LogP contribution in [-0.4, -0.2) is 30.1 Å². The quantitative estimate of drug-likeness (QED) is 0.876. The molecular formula is C16H23N3O2. The number of carbonyl (C=O) groups excluding carboxylic acids is 2. The summed E-state index contributed by atoms with van der Waals surface area (Å²) in [5.74, 6) is 0.0416. The van der Waals surface area contributed by atoms with E-state index < -0.39 is 0 Å². The number of amides is 3. The van der Waals surface area contributed by atoms with Crippen LogP contribution in [0.2, 0.25) is 0 Å². The minimum Gasteiger partial charge on any atom is -0.334 e. The number of hydrogen-bond donors (Lipinski definition) is 2. The van der Waals surface area contributed by atoms with Crippen LogP contribution >= 0.6 is 0 Å². The molecule has 0 aliphatic carbocycles. The molecule has 1 aliphatic rings. The average molecular weight is 289 g/mol. The number of benzene rings is 1. The summed E-state index contributed by atoms with van der Waals surface area (Å²) in [5, 5.41) is 5.71. The van der Waals surface area contributed by atoms with Crippen molar-refractivity contribution in [1.29, 1.82) is 0 Å². The van der Waals surface area contributed by atoms with E-state index in [1.807, 2.05) is 52.0 Å². The molecule has 1 fully saturated rings. The van der Waals surface area contributed by atoms with Crippen molar-refractivity contribution in [3.8, 4) is 0 Å². The monoisotopic (exact) mass is 289 g/mol. The number of rotatable bonds is 2. The first-order valence-electron chi connectivity index (χ1n) is 7.20. The molecule has 1 saturated heterocycles. The SMILES string of the molecule is Cc1ccc(N2C[C@@H](NC(=O)NC(C)(C)C)CC2=O)cc1. The van der Waals surface area contributed by atoms with Crippen LogP contribution in [-0.2, 0) is 4.79 Å². The maximum atomic E-state index is 12.1. The molecule has 0 bridgehead atoms. The van der Waals surface area contributed by atoms with Crippen LogP contribution in [0, 0.1) is 6.92 Å². The zero-order chi connectivity index (χ0) is 15.6. The highest BCUT2D eigenvalue weighted by Crippen LogP contribution is 2.21. The molecule has 21 heavy (non-hydrogen) atoms. The van der Waals surface area contributed by atoms with Gasteiger partial charge in [-0.3, -0.25) is 4.79 Å². The van der Waals surface area contributed by atoms with Crippen LogP contribution in [0.25, 0.3) is 0 Å². The maximum Gasteiger partial charge on any atom is 0.315 e. The predicted octanol–water partition coefficient (Wildman–Crippen LogP) is 2.20. The Hall–Kier alpha value is -2.04. The summed E-state index contributed by atoms with van der Waals surface area (Å²) >= 11 is 0. The van der Waals surface area contributed by atoms with Crippen molar-refractivity contribution >= 4 is 17.6 Å². The van der Waals surface area contributed by atoms with Crippen molar-refractivity contribution in [1.82, 2.24) is 10.6 Å². The molecule has 0 spiro atoms. The summed E-state index contributed by atoms with van der Waals surface area (Å²) < 4.78 is 0. The van der Waals surface area contributed by atoms with Crippen LogP contribution < -0.4 is 15.5 Å². The Morgan fingerprint density at radius 2 is 1.86 bits per heavy atom. The fraction of sp³-hybridized carbons (Fsp3) is 0.500. The molecule has 0 saturated carbocycles. The molecule has 3 amide bonds. The van der Waals surface area contributed by atoms with E-state index in [0.29, 0.717) is 13.0 Å². The van der Waals surface area contributed by atoms with Gasteiger partial charge in [0.15, 0.2) is 0 Å². The molecule has 5 heteroatoms. The molecule has 2 N–H and O–H groups in total. The van der Waals surface area contributed by atoms with Gasteiger partial charge in [-0.15, -0.1) is 0 Å². The van der Waals surface area contributed by atoms with Crippen LogP contribution in [0.1, 0.15) is 32.8 Å². The fourth-order valence-corrected chi connectivity index (χ4v) is 2.34. The number of carbonyl (C=O) groups is 2. The van der Waals surface area contributed by atoms with Crippen molar-refractivity contribution in [2.75, 3.05) is 11.4 Å². The Bertz CT molecular complexity index is 531. The Labute approximate surface area is 125 Å². The lowest BCUT2D eigenvalue weighted by Crippen LogP contribution is -2.50. The van der Waals surface area contributed by atoms with Gasteiger partial charge in [0.05, 0.1) is 6.04 Å². The second kappa shape index (κ2) is 5.76. The van der Waals surface area contributed by atoms with E-state index in [-0.39, 0.29) is 23.5 Å². The minimum absolute atomic E-state index is 0.0416. The Kier molecular flexibility index (Phi) is 4.21. The van der Waals surface area contributed by atoms with Gasteiger partial charge in [0.25, 0.3) is 0 Å². The molecule has 1 aliphatic heterocycles. The standard InChI is InChI=1S/C16H23N3O2/c1-11-5-7-13(8-6-11)19-10-12(9-14(19)20)17-15(21)18-16(2,3)4/h5-8,12H,9-10H2,1-4H3,(H2,17,18,21)/t12-/m0/s1. The van der Waals surface area contributed by atoms with E-state index in [2.05, 4.69) is 10.6 Å². The topological polar surface area (TPSA) is 61.4 Å². The molecule has 1 aromatic carbocycles. The zero-order valence-electron chi connectivity index (χ0n) is 13.1. The molecule has 0 radical (unpaired) electrons. The molecule has 1 atom stereocenters. The van der Waals surface area contributed by atoms with E-state index in [1.54, 1.807) is 4.90 Å². The molecule has 0 aromatic heterocycles. The van der Waals surface area contributed by atoms with E-state index in [0.717, 1.165) is 11.3 Å². The number of anilines is 1. The summed E-state index contributed by atoms with van der Waals surface area (Å²) in [6, 6.07) is 7.45. The smallest absolute Gasteiger partial charge is 0.315 e. The first-order chi connectivity index (χ1) is 9.74. The summed E-state index contributed by atoms with van der Waals surface area (Å²) in [6.07, 6.45) is 0.339. The highest BCUT2D eigenvalue weighted by atomic mass is 16.2. The van der Waals surface area contributed by atoms with Crippen molar-refractivity contribution < 1.29 is 9.59 Å². The highest BCUT2D eigenvalue weighted by molar-refractivity contribution is 5.96. The van der Waals surface area contributed by atoms with Crippen LogP contribution in [0.4, 0.5) is 10.5 Å². The number of urea groups is 1. The third-order valence-corrected chi connectivity index (χ3v) is 3.29. The molecular weight excluding hydrogens is 266 g/mol. The number of hydrogen-bond acceptors (Lipinski definition) is 2. The van der Waals surface area contributed by atoms with E-state index in [4.69, 9.17) is 0 Å². The Morgan fingerprint density at radius 1 is 1.24 bits per heavy atom. The van der Waals surface area contributed by atoms with Gasteiger partial charge in [-0.2, -0.15) is 0 Å². The number of aryl methyl sites for hydroxylation is 1. The molecule has 1 heterocycles. The second-order valence-corrected chi connectivity index (χ2v) is 6.59. The van der Waals surface area contributed by atoms with Gasteiger partial charge in [0.1, 0.15) is 0 Å². The Balaban J connectivity index is 1.96. The molecule has 2 rings (SSSR count). The summed E-state index contributed by atoms with van der Waals surface area (Å²) in [5.41, 5.74) is 1.75. The van der Waals surface area contributed by atoms with Gasteiger partial charge in [-0.1, -0.05) is 17.7 Å². The van der Waals surface area contributed by atoms with E-state index >= 15 is 0 Å². The van der Waals surface area contributed by atoms with Gasteiger partial charge in [-0.05, 0) is 39.8 Å². The summed E-state index contributed by atoms with van der Waals surface area (Å²) in [7, 11) is 0. The minimum atomic E-state index is -0.288. The van der Waals surface area contributed by atoms with Gasteiger partial charge < -0.3 is 15.5 Å². The average Bonchev–Trinajstić information content (AvgIpc) is 2.68. The van der Waals surface area contributed by atoms with Crippen LogP contribution in [0.3, 0.4) is 0 Å². The van der Waals surface area contributed by atoms with Gasteiger partial charge >= 0.3 is 6.03 Å². The highest BCUT2D eigenvalue weighted by Gasteiger charge is 2.31. The van der Waals surface area contributed by atoms with Gasteiger partial charge in [-0.25, -0.2) is 4.79 Å². The van der Waals surface area contributed by atoms with E-state index in [1.165, 1.54) is 0 Å². The molecule has 1 aromatic rings. The molecule has 0 unspecified atom stereocenters. The largest absolute Gasteiger partial charge is 0.334 e. The summed E-state index contributed by atoms with van der Waals surface area (Å²) in [6.45, 7) is 8.29. The number of nitrogens with zero attached hydrogens (tertiary/aromatic N) is 1. The second-order valence-electron chi connectivity index (χ2n) is 6.59. The summed E-state index contributed by atoms with van der Waals surface area (Å²) in [4.78, 5) is 25.7. The third-order valence-electron chi connectivity index (χ3n) is 3.29. The first-order valence-corrected chi connectivity index (χ1v) is 7.20. The fourth-order valence-electron chi connectivity index (χ4n) is 2.34. The first kappa shape index (κ1) is 15.4. The van der Waals surface area contributed by atoms with Gasteiger partial charge in [0, 0.05) is 24.2 Å².